The van der Waals surface area contributed by atoms with Crippen LogP contribution in [0.3, 0.4) is 0 Å². The van der Waals surface area contributed by atoms with Gasteiger partial charge in [0.05, 0.1) is 11.4 Å². The zero-order chi connectivity index (χ0) is 25.9. The van der Waals surface area contributed by atoms with E-state index in [-0.39, 0.29) is 11.6 Å². The Morgan fingerprint density at radius 2 is 1.67 bits per heavy atom. The third-order valence-corrected chi connectivity index (χ3v) is 5.06. The first-order valence-electron chi connectivity index (χ1n) is 10.3. The Labute approximate surface area is 200 Å². The molecule has 182 valence electrons. The van der Waals surface area contributed by atoms with E-state index in [4.69, 9.17) is 9.90 Å². The van der Waals surface area contributed by atoms with Gasteiger partial charge in [0.15, 0.2) is 5.88 Å². The van der Waals surface area contributed by atoms with Gasteiger partial charge in [0.25, 0.3) is 0 Å². The van der Waals surface area contributed by atoms with E-state index in [9.17, 15) is 23.4 Å². The summed E-state index contributed by atoms with van der Waals surface area (Å²) in [6.45, 7) is 0. The Balaban J connectivity index is 0.000000384. The molecule has 0 aliphatic carbocycles. The highest BCUT2D eigenvalue weighted by Gasteiger charge is 2.38. The number of phenols is 1. The highest BCUT2D eigenvalue weighted by atomic mass is 19.4. The molecule has 11 heteroatoms. The van der Waals surface area contributed by atoms with E-state index in [0.717, 1.165) is 38.3 Å². The number of halogens is 3. The highest BCUT2D eigenvalue weighted by Crippen LogP contribution is 2.30. The number of aromatic nitrogens is 2. The Bertz CT molecular complexity index is 1630. The van der Waals surface area contributed by atoms with E-state index in [1.54, 1.807) is 30.6 Å². The number of fused-ring (bicyclic) bond motifs is 2. The van der Waals surface area contributed by atoms with Crippen LogP contribution in [0.5, 0.6) is 11.6 Å². The maximum absolute atomic E-state index is 10.6. The van der Waals surface area contributed by atoms with Gasteiger partial charge in [-0.15, -0.1) is 10.2 Å². The predicted octanol–water partition coefficient (Wildman–Crippen LogP) is 4.36. The summed E-state index contributed by atoms with van der Waals surface area (Å²) in [5, 5.41) is 38.3. The average molecular weight is 494 g/mol. The number of carboxylic acids is 1. The minimum Gasteiger partial charge on any atom is -0.508 e. The van der Waals surface area contributed by atoms with Crippen LogP contribution in [0, 0.1) is 0 Å². The van der Waals surface area contributed by atoms with Gasteiger partial charge in [-0.2, -0.15) is 13.2 Å². The summed E-state index contributed by atoms with van der Waals surface area (Å²) in [5.41, 5.74) is 3.98. The smallest absolute Gasteiger partial charge is 0.490 e. The largest absolute Gasteiger partial charge is 0.508 e. The number of H-pyrrole nitrogens is 1. The molecular formula is C25H17F3N4O4. The zero-order valence-corrected chi connectivity index (χ0v) is 18.2. The minimum absolute atomic E-state index is 0.0558. The summed E-state index contributed by atoms with van der Waals surface area (Å²) in [6.07, 6.45) is 4.17. The quantitative estimate of drug-likeness (QED) is 0.336. The molecule has 36 heavy (non-hydrogen) atoms. The number of nitrogens with zero attached hydrogens (tertiary/aromatic N) is 3. The van der Waals surface area contributed by atoms with Crippen molar-refractivity contribution in [3.63, 3.8) is 0 Å². The highest BCUT2D eigenvalue weighted by molar-refractivity contribution is 5.92. The fourth-order valence-corrected chi connectivity index (χ4v) is 3.37. The van der Waals surface area contributed by atoms with Crippen molar-refractivity contribution in [2.24, 2.45) is 10.2 Å². The Kier molecular flexibility index (Phi) is 6.55. The second-order valence-electron chi connectivity index (χ2n) is 7.54. The van der Waals surface area contributed by atoms with Crippen LogP contribution in [-0.2, 0) is 4.79 Å². The Morgan fingerprint density at radius 1 is 0.944 bits per heavy atom. The number of carbonyl (C=O) groups is 1. The molecule has 1 aliphatic rings. The van der Waals surface area contributed by atoms with Gasteiger partial charge in [-0.1, -0.05) is 12.1 Å². The lowest BCUT2D eigenvalue weighted by Crippen LogP contribution is -2.21. The molecule has 0 bridgehead atoms. The fraction of sp³-hybridized carbons (Fsp3) is 0.0400. The van der Waals surface area contributed by atoms with Crippen molar-refractivity contribution < 1.29 is 33.3 Å². The number of alkyl halides is 3. The molecule has 0 fully saturated rings. The third-order valence-electron chi connectivity index (χ3n) is 5.06. The minimum atomic E-state index is -5.08. The number of phenolic OH excluding ortho intramolecular Hbond substituents is 1. The summed E-state index contributed by atoms with van der Waals surface area (Å²) in [5.74, 6) is -2.55. The third kappa shape index (κ3) is 5.41. The van der Waals surface area contributed by atoms with Gasteiger partial charge >= 0.3 is 12.1 Å². The van der Waals surface area contributed by atoms with Crippen LogP contribution in [-0.4, -0.2) is 37.4 Å². The van der Waals surface area contributed by atoms with Gasteiger partial charge in [0.1, 0.15) is 5.75 Å². The van der Waals surface area contributed by atoms with Gasteiger partial charge in [-0.25, -0.2) is 4.79 Å². The Morgan fingerprint density at radius 3 is 2.36 bits per heavy atom. The lowest BCUT2D eigenvalue weighted by Gasteiger charge is -1.96. The molecule has 2 aromatic carbocycles. The predicted molar refractivity (Wildman–Crippen MR) is 126 cm³/mol. The molecular weight excluding hydrogens is 477 g/mol. The summed E-state index contributed by atoms with van der Waals surface area (Å²) >= 11 is 0. The number of rotatable bonds is 3. The van der Waals surface area contributed by atoms with Crippen LogP contribution in [0.15, 0.2) is 77.2 Å². The molecule has 4 N–H and O–H groups in total. The van der Waals surface area contributed by atoms with Crippen LogP contribution in [0.2, 0.25) is 0 Å². The molecule has 4 aromatic rings. The van der Waals surface area contributed by atoms with Crippen molar-refractivity contribution in [3.8, 4) is 11.6 Å². The maximum Gasteiger partial charge on any atom is 0.490 e. The van der Waals surface area contributed by atoms with Crippen molar-refractivity contribution >= 4 is 40.4 Å². The number of aromatic amines is 1. The number of carboxylic acid groups (broad SMARTS) is 1. The average Bonchev–Trinajstić information content (AvgIpc) is 3.38. The lowest BCUT2D eigenvalue weighted by atomic mass is 10.1. The van der Waals surface area contributed by atoms with Crippen molar-refractivity contribution in [3.05, 3.63) is 88.6 Å². The van der Waals surface area contributed by atoms with Crippen molar-refractivity contribution in [1.82, 2.24) is 9.97 Å². The van der Waals surface area contributed by atoms with Gasteiger partial charge in [0, 0.05) is 34.1 Å². The lowest BCUT2D eigenvalue weighted by molar-refractivity contribution is -0.192. The molecule has 0 atom stereocenters. The molecule has 3 heterocycles. The van der Waals surface area contributed by atoms with Crippen LogP contribution in [0.4, 0.5) is 18.9 Å². The summed E-state index contributed by atoms with van der Waals surface area (Å²) in [6, 6.07) is 14.6. The van der Waals surface area contributed by atoms with Crippen molar-refractivity contribution in [2.75, 3.05) is 0 Å². The molecule has 0 radical (unpaired) electrons. The van der Waals surface area contributed by atoms with Crippen LogP contribution in [0.1, 0.15) is 11.1 Å². The zero-order valence-electron chi connectivity index (χ0n) is 18.2. The van der Waals surface area contributed by atoms with Gasteiger partial charge in [-0.05, 0) is 65.4 Å². The molecule has 1 aliphatic heterocycles. The molecule has 0 saturated heterocycles. The number of benzene rings is 2. The SMILES string of the molecule is O=C(O)C(F)(F)F.Oc1ccc2[nH]c(O)c(C=c3ccc4c(c3)N=NC=4C=Cc3ccncc3)c2c1. The van der Waals surface area contributed by atoms with Gasteiger partial charge < -0.3 is 20.3 Å². The first-order chi connectivity index (χ1) is 17.1. The molecule has 0 amide bonds. The second-order valence-corrected chi connectivity index (χ2v) is 7.54. The van der Waals surface area contributed by atoms with Crippen molar-refractivity contribution in [1.29, 1.82) is 0 Å². The number of nitrogens with one attached hydrogen (secondary N) is 1. The van der Waals surface area contributed by atoms with Gasteiger partial charge in [0.2, 0.25) is 0 Å². The number of hydrogen-bond donors (Lipinski definition) is 4. The number of aromatic hydroxyl groups is 2. The number of aliphatic carboxylic acids is 1. The molecule has 2 aromatic heterocycles. The monoisotopic (exact) mass is 494 g/mol. The van der Waals surface area contributed by atoms with Gasteiger partial charge in [-0.3, -0.25) is 4.98 Å². The number of hydrogen-bond acceptors (Lipinski definition) is 6. The number of azo groups is 1. The molecule has 0 unspecified atom stereocenters. The fourth-order valence-electron chi connectivity index (χ4n) is 3.37. The maximum atomic E-state index is 10.6. The standard InChI is InChI=1S/C23H16N4O2.C2HF3O2/c28-16-3-6-20-18(13-16)19(23(29)25-20)11-15-1-4-17-21(26-27-22(17)12-15)5-2-14-7-9-24-10-8-14;3-2(4,5)1(6)7/h1-13,25,28-29H;(H,6,7). The molecule has 0 spiro atoms. The van der Waals surface area contributed by atoms with E-state index in [1.165, 1.54) is 0 Å². The van der Waals surface area contributed by atoms with Crippen LogP contribution >= 0.6 is 0 Å². The van der Waals surface area contributed by atoms with E-state index < -0.39 is 12.1 Å². The molecule has 5 rings (SSSR count). The van der Waals surface area contributed by atoms with Crippen LogP contribution in [0.25, 0.3) is 28.8 Å². The molecule has 8 nitrogen and oxygen atoms in total. The topological polar surface area (TPSA) is 131 Å². The van der Waals surface area contributed by atoms with Crippen LogP contribution < -0.4 is 10.4 Å². The second kappa shape index (κ2) is 9.74. The van der Waals surface area contributed by atoms with E-state index in [0.29, 0.717) is 5.56 Å². The van der Waals surface area contributed by atoms with E-state index >= 15 is 0 Å². The summed E-state index contributed by atoms with van der Waals surface area (Å²) in [7, 11) is 0. The summed E-state index contributed by atoms with van der Waals surface area (Å²) < 4.78 is 31.7. The first kappa shape index (κ1) is 24.2. The van der Waals surface area contributed by atoms with Crippen molar-refractivity contribution in [2.45, 2.75) is 6.18 Å². The number of pyridine rings is 1. The Hall–Kier alpha value is -4.93. The van der Waals surface area contributed by atoms with E-state index in [2.05, 4.69) is 20.2 Å². The van der Waals surface area contributed by atoms with E-state index in [1.807, 2.05) is 48.6 Å². The molecule has 0 saturated carbocycles. The normalized spacial score (nSPS) is 13.2. The summed E-state index contributed by atoms with van der Waals surface area (Å²) in [4.78, 5) is 15.8. The first-order valence-corrected chi connectivity index (χ1v) is 10.3.